The summed E-state index contributed by atoms with van der Waals surface area (Å²) in [7, 11) is 0. The quantitative estimate of drug-likeness (QED) is 0.880. The standard InChI is InChI=1S/C16H24Cl2N2/c1-11-9-20(15(8-19-11)16(2,3)4)10-12-5-6-13(17)14(18)7-12/h5-7,11,15,19H,8-10H2,1-4H3. The van der Waals surface area contributed by atoms with E-state index in [2.05, 4.69) is 44.0 Å². The molecule has 0 aliphatic carbocycles. The normalized spacial score (nSPS) is 24.9. The Morgan fingerprint density at radius 2 is 1.95 bits per heavy atom. The zero-order chi connectivity index (χ0) is 14.9. The minimum atomic E-state index is 0.253. The summed E-state index contributed by atoms with van der Waals surface area (Å²) < 4.78 is 0. The van der Waals surface area contributed by atoms with Crippen LogP contribution in [0.25, 0.3) is 0 Å². The summed E-state index contributed by atoms with van der Waals surface area (Å²) in [4.78, 5) is 2.56. The van der Waals surface area contributed by atoms with Crippen molar-refractivity contribution in [3.63, 3.8) is 0 Å². The van der Waals surface area contributed by atoms with E-state index < -0.39 is 0 Å². The molecule has 1 aliphatic heterocycles. The second kappa shape index (κ2) is 6.23. The van der Waals surface area contributed by atoms with Gasteiger partial charge in [0.2, 0.25) is 0 Å². The summed E-state index contributed by atoms with van der Waals surface area (Å²) in [5, 5.41) is 4.85. The summed E-state index contributed by atoms with van der Waals surface area (Å²) >= 11 is 12.1. The van der Waals surface area contributed by atoms with Gasteiger partial charge in [-0.2, -0.15) is 0 Å². The summed E-state index contributed by atoms with van der Waals surface area (Å²) in [6, 6.07) is 6.98. The van der Waals surface area contributed by atoms with E-state index in [0.717, 1.165) is 19.6 Å². The largest absolute Gasteiger partial charge is 0.311 e. The Balaban J connectivity index is 2.16. The van der Waals surface area contributed by atoms with Crippen molar-refractivity contribution in [3.8, 4) is 0 Å². The summed E-state index contributed by atoms with van der Waals surface area (Å²) in [5.41, 5.74) is 1.48. The predicted molar refractivity (Wildman–Crippen MR) is 87.6 cm³/mol. The molecule has 112 valence electrons. The molecule has 0 bridgehead atoms. The van der Waals surface area contributed by atoms with E-state index in [1.807, 2.05) is 12.1 Å². The molecular weight excluding hydrogens is 291 g/mol. The molecule has 1 aromatic carbocycles. The van der Waals surface area contributed by atoms with Gasteiger partial charge in [-0.25, -0.2) is 0 Å². The Morgan fingerprint density at radius 3 is 2.55 bits per heavy atom. The molecule has 2 unspecified atom stereocenters. The van der Waals surface area contributed by atoms with Gasteiger partial charge in [-0.1, -0.05) is 50.0 Å². The van der Waals surface area contributed by atoms with Gasteiger partial charge in [-0.3, -0.25) is 4.90 Å². The molecule has 1 heterocycles. The summed E-state index contributed by atoms with van der Waals surface area (Å²) in [6.45, 7) is 12.2. The number of nitrogens with zero attached hydrogens (tertiary/aromatic N) is 1. The van der Waals surface area contributed by atoms with E-state index in [1.165, 1.54) is 5.56 Å². The van der Waals surface area contributed by atoms with Gasteiger partial charge < -0.3 is 5.32 Å². The van der Waals surface area contributed by atoms with Gasteiger partial charge in [0.25, 0.3) is 0 Å². The number of piperazine rings is 1. The average molecular weight is 315 g/mol. The van der Waals surface area contributed by atoms with Gasteiger partial charge in [0, 0.05) is 31.7 Å². The molecule has 0 spiro atoms. The first kappa shape index (κ1) is 16.1. The van der Waals surface area contributed by atoms with Crippen LogP contribution in [0.4, 0.5) is 0 Å². The molecular formula is C16H24Cl2N2. The molecule has 1 aromatic rings. The van der Waals surface area contributed by atoms with Gasteiger partial charge in [-0.05, 0) is 30.0 Å². The predicted octanol–water partition coefficient (Wildman–Crippen LogP) is 4.20. The lowest BCUT2D eigenvalue weighted by Gasteiger charge is -2.46. The molecule has 1 saturated heterocycles. The fraction of sp³-hybridized carbons (Fsp3) is 0.625. The Morgan fingerprint density at radius 1 is 1.25 bits per heavy atom. The third kappa shape index (κ3) is 3.88. The van der Waals surface area contributed by atoms with Crippen molar-refractivity contribution in [2.75, 3.05) is 13.1 Å². The molecule has 2 rings (SSSR count). The van der Waals surface area contributed by atoms with Crippen LogP contribution in [-0.2, 0) is 6.54 Å². The SMILES string of the molecule is CC1CN(Cc2ccc(Cl)c(Cl)c2)C(C(C)(C)C)CN1. The van der Waals surface area contributed by atoms with Crippen molar-refractivity contribution in [3.05, 3.63) is 33.8 Å². The Kier molecular flexibility index (Phi) is 5.01. The molecule has 1 fully saturated rings. The highest BCUT2D eigenvalue weighted by Crippen LogP contribution is 2.29. The first-order valence-corrected chi connectivity index (χ1v) is 7.94. The van der Waals surface area contributed by atoms with E-state index in [9.17, 15) is 0 Å². The van der Waals surface area contributed by atoms with E-state index in [1.54, 1.807) is 0 Å². The van der Waals surface area contributed by atoms with Crippen LogP contribution in [0.1, 0.15) is 33.3 Å². The lowest BCUT2D eigenvalue weighted by Crippen LogP contribution is -2.59. The first-order chi connectivity index (χ1) is 9.27. The maximum atomic E-state index is 6.12. The second-order valence-electron chi connectivity index (χ2n) is 6.87. The van der Waals surface area contributed by atoms with E-state index in [-0.39, 0.29) is 5.41 Å². The van der Waals surface area contributed by atoms with Gasteiger partial charge in [-0.15, -0.1) is 0 Å². The van der Waals surface area contributed by atoms with Crippen molar-refractivity contribution in [1.82, 2.24) is 10.2 Å². The Labute approximate surface area is 132 Å². The average Bonchev–Trinajstić information content (AvgIpc) is 2.32. The van der Waals surface area contributed by atoms with Crippen molar-refractivity contribution in [2.24, 2.45) is 5.41 Å². The van der Waals surface area contributed by atoms with Gasteiger partial charge in [0.1, 0.15) is 0 Å². The summed E-state index contributed by atoms with van der Waals surface area (Å²) in [5.74, 6) is 0. The van der Waals surface area contributed by atoms with Crippen LogP contribution in [0.5, 0.6) is 0 Å². The van der Waals surface area contributed by atoms with Crippen LogP contribution in [0.2, 0.25) is 10.0 Å². The van der Waals surface area contributed by atoms with Crippen LogP contribution >= 0.6 is 23.2 Å². The molecule has 1 aliphatic rings. The number of hydrogen-bond acceptors (Lipinski definition) is 2. The maximum absolute atomic E-state index is 6.12. The molecule has 0 radical (unpaired) electrons. The number of halogens is 2. The highest BCUT2D eigenvalue weighted by molar-refractivity contribution is 6.42. The molecule has 4 heteroatoms. The third-order valence-electron chi connectivity index (χ3n) is 3.98. The minimum Gasteiger partial charge on any atom is -0.311 e. The second-order valence-corrected chi connectivity index (χ2v) is 7.68. The van der Waals surface area contributed by atoms with Crippen molar-refractivity contribution >= 4 is 23.2 Å². The number of hydrogen-bond donors (Lipinski definition) is 1. The van der Waals surface area contributed by atoms with Crippen LogP contribution in [0, 0.1) is 5.41 Å². The van der Waals surface area contributed by atoms with Crippen molar-refractivity contribution in [1.29, 1.82) is 0 Å². The molecule has 0 saturated carbocycles. The van der Waals surface area contributed by atoms with Crippen LogP contribution < -0.4 is 5.32 Å². The first-order valence-electron chi connectivity index (χ1n) is 7.18. The molecule has 1 N–H and O–H groups in total. The van der Waals surface area contributed by atoms with E-state index in [4.69, 9.17) is 23.2 Å². The molecule has 2 nitrogen and oxygen atoms in total. The molecule has 2 atom stereocenters. The highest BCUT2D eigenvalue weighted by Gasteiger charge is 2.34. The van der Waals surface area contributed by atoms with Crippen molar-refractivity contribution in [2.45, 2.75) is 46.3 Å². The van der Waals surface area contributed by atoms with Gasteiger partial charge in [0.05, 0.1) is 10.0 Å². The third-order valence-corrected chi connectivity index (χ3v) is 4.72. The van der Waals surface area contributed by atoms with Gasteiger partial charge >= 0.3 is 0 Å². The monoisotopic (exact) mass is 314 g/mol. The lowest BCUT2D eigenvalue weighted by atomic mass is 9.83. The molecule has 20 heavy (non-hydrogen) atoms. The molecule has 0 amide bonds. The van der Waals surface area contributed by atoms with Gasteiger partial charge in [0.15, 0.2) is 0 Å². The van der Waals surface area contributed by atoms with Crippen LogP contribution in [0.3, 0.4) is 0 Å². The topological polar surface area (TPSA) is 15.3 Å². The zero-order valence-corrected chi connectivity index (χ0v) is 14.2. The number of nitrogens with one attached hydrogen (secondary N) is 1. The highest BCUT2D eigenvalue weighted by atomic mass is 35.5. The van der Waals surface area contributed by atoms with E-state index >= 15 is 0 Å². The minimum absolute atomic E-state index is 0.253. The van der Waals surface area contributed by atoms with Crippen LogP contribution in [-0.4, -0.2) is 30.1 Å². The number of benzene rings is 1. The lowest BCUT2D eigenvalue weighted by molar-refractivity contribution is 0.0526. The Bertz CT molecular complexity index is 468. The Hall–Kier alpha value is -0.280. The zero-order valence-electron chi connectivity index (χ0n) is 12.7. The number of rotatable bonds is 2. The fourth-order valence-corrected chi connectivity index (χ4v) is 3.21. The van der Waals surface area contributed by atoms with Crippen molar-refractivity contribution < 1.29 is 0 Å². The fourth-order valence-electron chi connectivity index (χ4n) is 2.89. The van der Waals surface area contributed by atoms with E-state index in [0.29, 0.717) is 22.1 Å². The maximum Gasteiger partial charge on any atom is 0.0595 e. The summed E-state index contributed by atoms with van der Waals surface area (Å²) in [6.07, 6.45) is 0. The smallest absolute Gasteiger partial charge is 0.0595 e. The molecule has 0 aromatic heterocycles. The van der Waals surface area contributed by atoms with Crippen LogP contribution in [0.15, 0.2) is 18.2 Å².